The molecule has 1 N–H and O–H groups in total. The monoisotopic (exact) mass is 566 g/mol. The van der Waals surface area contributed by atoms with E-state index in [2.05, 4.69) is 4.98 Å². The van der Waals surface area contributed by atoms with Gasteiger partial charge in [0.2, 0.25) is 10.0 Å². The molecule has 4 rings (SSSR count). The molecule has 0 aliphatic rings. The number of aromatic hydroxyl groups is 1. The third-order valence-corrected chi connectivity index (χ3v) is 7.98. The fourth-order valence-electron chi connectivity index (χ4n) is 3.43. The van der Waals surface area contributed by atoms with Gasteiger partial charge in [0.15, 0.2) is 5.75 Å². The summed E-state index contributed by atoms with van der Waals surface area (Å²) in [6.07, 6.45) is 0. The second-order valence-corrected chi connectivity index (χ2v) is 11.3. The standard InChI is InChI=1S/C25H18Cl4N2O3S/c26-18-8-4-16(5-9-18)14-31(35(33,34)24-13-20(28)12-22(29)25(24)32)15-21-2-1-3-23(30-21)17-6-10-19(27)11-7-17/h1-13,32H,14-15H2. The Bertz CT molecular complexity index is 1460. The minimum Gasteiger partial charge on any atom is -0.505 e. The normalized spacial score (nSPS) is 11.7. The molecule has 5 nitrogen and oxygen atoms in total. The molecule has 0 unspecified atom stereocenters. The SMILES string of the molecule is O=S(=O)(c1cc(Cl)cc(Cl)c1O)N(Cc1ccc(Cl)cc1)Cc1cccc(-c2ccc(Cl)cc2)n1. The van der Waals surface area contributed by atoms with Crippen LogP contribution < -0.4 is 0 Å². The summed E-state index contributed by atoms with van der Waals surface area (Å²) in [7, 11) is -4.24. The summed E-state index contributed by atoms with van der Waals surface area (Å²) in [4.78, 5) is 4.26. The lowest BCUT2D eigenvalue weighted by Gasteiger charge is -2.23. The Morgan fingerprint density at radius 2 is 1.40 bits per heavy atom. The predicted molar refractivity (Wildman–Crippen MR) is 141 cm³/mol. The van der Waals surface area contributed by atoms with Crippen molar-refractivity contribution < 1.29 is 13.5 Å². The van der Waals surface area contributed by atoms with Crippen molar-refractivity contribution in [1.29, 1.82) is 0 Å². The summed E-state index contributed by atoms with van der Waals surface area (Å²) in [5.41, 5.74) is 2.70. The molecule has 4 aromatic rings. The molecule has 0 aliphatic heterocycles. The minimum atomic E-state index is -4.24. The first-order chi connectivity index (χ1) is 16.6. The van der Waals surface area contributed by atoms with Crippen molar-refractivity contribution in [2.45, 2.75) is 18.0 Å². The zero-order valence-electron chi connectivity index (χ0n) is 18.0. The Balaban J connectivity index is 1.75. The number of sulfonamides is 1. The molecule has 0 bridgehead atoms. The van der Waals surface area contributed by atoms with E-state index in [9.17, 15) is 13.5 Å². The largest absolute Gasteiger partial charge is 0.505 e. The predicted octanol–water partition coefficient (Wildman–Crippen LogP) is 7.46. The first kappa shape index (κ1) is 25.8. The van der Waals surface area contributed by atoms with Crippen LogP contribution in [-0.2, 0) is 23.1 Å². The number of hydrogen-bond donors (Lipinski definition) is 1. The molecule has 0 fully saturated rings. The highest BCUT2D eigenvalue weighted by molar-refractivity contribution is 7.89. The molecule has 0 spiro atoms. The molecule has 0 amide bonds. The lowest BCUT2D eigenvalue weighted by atomic mass is 10.1. The highest BCUT2D eigenvalue weighted by Gasteiger charge is 2.30. The Labute approximate surface area is 223 Å². The van der Waals surface area contributed by atoms with Crippen LogP contribution in [0.3, 0.4) is 0 Å². The second kappa shape index (κ2) is 10.7. The molecule has 10 heteroatoms. The molecule has 3 aromatic carbocycles. The van der Waals surface area contributed by atoms with Gasteiger partial charge in [-0.05, 0) is 54.1 Å². The van der Waals surface area contributed by atoms with Crippen molar-refractivity contribution in [3.05, 3.63) is 110 Å². The number of phenols is 1. The summed E-state index contributed by atoms with van der Waals surface area (Å²) < 4.78 is 28.6. The maximum atomic E-state index is 13.7. The van der Waals surface area contributed by atoms with Crippen molar-refractivity contribution >= 4 is 56.4 Å². The highest BCUT2D eigenvalue weighted by Crippen LogP contribution is 2.36. The minimum absolute atomic E-state index is 0.00404. The zero-order chi connectivity index (χ0) is 25.2. The Kier molecular flexibility index (Phi) is 7.91. The van der Waals surface area contributed by atoms with E-state index in [4.69, 9.17) is 46.4 Å². The van der Waals surface area contributed by atoms with Crippen LogP contribution in [0.2, 0.25) is 20.1 Å². The van der Waals surface area contributed by atoms with Crippen LogP contribution in [0.1, 0.15) is 11.3 Å². The van der Waals surface area contributed by atoms with Crippen LogP contribution in [-0.4, -0.2) is 22.8 Å². The molecule has 0 saturated heterocycles. The van der Waals surface area contributed by atoms with E-state index in [-0.39, 0.29) is 23.1 Å². The van der Waals surface area contributed by atoms with Crippen LogP contribution in [0.4, 0.5) is 0 Å². The molecular formula is C25H18Cl4N2O3S. The summed E-state index contributed by atoms with van der Waals surface area (Å²) in [5.74, 6) is -0.569. The molecule has 0 saturated carbocycles. The quantitative estimate of drug-likeness (QED) is 0.251. The van der Waals surface area contributed by atoms with Gasteiger partial charge in [0.25, 0.3) is 0 Å². The van der Waals surface area contributed by atoms with Gasteiger partial charge in [-0.3, -0.25) is 4.98 Å². The van der Waals surface area contributed by atoms with Crippen molar-refractivity contribution in [1.82, 2.24) is 9.29 Å². The Morgan fingerprint density at radius 1 is 0.771 bits per heavy atom. The van der Waals surface area contributed by atoms with Gasteiger partial charge >= 0.3 is 0 Å². The number of nitrogens with zero attached hydrogens (tertiary/aromatic N) is 2. The van der Waals surface area contributed by atoms with Crippen LogP contribution in [0.5, 0.6) is 5.75 Å². The van der Waals surface area contributed by atoms with E-state index in [1.54, 1.807) is 48.5 Å². The maximum absolute atomic E-state index is 13.7. The van der Waals surface area contributed by atoms with E-state index >= 15 is 0 Å². The summed E-state index contributed by atoms with van der Waals surface area (Å²) in [6.45, 7) is -0.0775. The van der Waals surface area contributed by atoms with E-state index in [0.717, 1.165) is 5.56 Å². The lowest BCUT2D eigenvalue weighted by Crippen LogP contribution is -2.30. The number of rotatable bonds is 7. The van der Waals surface area contributed by atoms with E-state index in [0.29, 0.717) is 27.0 Å². The van der Waals surface area contributed by atoms with Crippen LogP contribution >= 0.6 is 46.4 Å². The molecule has 0 radical (unpaired) electrons. The van der Waals surface area contributed by atoms with Gasteiger partial charge in [-0.15, -0.1) is 0 Å². The lowest BCUT2D eigenvalue weighted by molar-refractivity contribution is 0.391. The Hall–Kier alpha value is -2.32. The van der Waals surface area contributed by atoms with Crippen LogP contribution in [0.15, 0.2) is 83.8 Å². The fraction of sp³-hybridized carbons (Fsp3) is 0.0800. The zero-order valence-corrected chi connectivity index (χ0v) is 21.8. The molecule has 1 aromatic heterocycles. The maximum Gasteiger partial charge on any atom is 0.247 e. The number of benzene rings is 3. The number of aromatic nitrogens is 1. The summed E-state index contributed by atoms with van der Waals surface area (Å²) in [5, 5.41) is 11.5. The number of pyridine rings is 1. The van der Waals surface area contributed by atoms with Gasteiger partial charge in [0.1, 0.15) is 4.90 Å². The summed E-state index contributed by atoms with van der Waals surface area (Å²) in [6, 6.07) is 21.8. The first-order valence-corrected chi connectivity index (χ1v) is 13.2. The van der Waals surface area contributed by atoms with E-state index < -0.39 is 20.7 Å². The van der Waals surface area contributed by atoms with E-state index in [1.807, 2.05) is 18.2 Å². The highest BCUT2D eigenvalue weighted by atomic mass is 35.5. The number of phenolic OH excluding ortho intramolecular Hbond substituents is 1. The van der Waals surface area contributed by atoms with Gasteiger partial charge < -0.3 is 5.11 Å². The van der Waals surface area contributed by atoms with Gasteiger partial charge in [-0.2, -0.15) is 4.31 Å². The van der Waals surface area contributed by atoms with Crippen molar-refractivity contribution in [3.8, 4) is 17.0 Å². The number of halogens is 4. The van der Waals surface area contributed by atoms with Crippen molar-refractivity contribution in [2.75, 3.05) is 0 Å². The fourth-order valence-corrected chi connectivity index (χ4v) is 5.82. The van der Waals surface area contributed by atoms with Crippen LogP contribution in [0, 0.1) is 0 Å². The average molecular weight is 568 g/mol. The molecule has 1 heterocycles. The van der Waals surface area contributed by atoms with Gasteiger partial charge in [-0.25, -0.2) is 8.42 Å². The smallest absolute Gasteiger partial charge is 0.247 e. The van der Waals surface area contributed by atoms with Crippen molar-refractivity contribution in [2.24, 2.45) is 0 Å². The third kappa shape index (κ3) is 6.09. The molecular weight excluding hydrogens is 550 g/mol. The first-order valence-electron chi connectivity index (χ1n) is 10.3. The molecule has 180 valence electrons. The summed E-state index contributed by atoms with van der Waals surface area (Å²) >= 11 is 24.0. The molecule has 35 heavy (non-hydrogen) atoms. The van der Waals surface area contributed by atoms with Gasteiger partial charge in [0, 0.05) is 27.2 Å². The Morgan fingerprint density at radius 3 is 2.06 bits per heavy atom. The molecule has 0 atom stereocenters. The van der Waals surface area contributed by atoms with Gasteiger partial charge in [0.05, 0.1) is 23.0 Å². The number of hydrogen-bond acceptors (Lipinski definition) is 4. The van der Waals surface area contributed by atoms with E-state index in [1.165, 1.54) is 16.4 Å². The topological polar surface area (TPSA) is 70.5 Å². The van der Waals surface area contributed by atoms with Gasteiger partial charge in [-0.1, -0.05) is 76.7 Å². The molecule has 0 aliphatic carbocycles. The second-order valence-electron chi connectivity index (χ2n) is 7.65. The third-order valence-electron chi connectivity index (χ3n) is 5.17. The van der Waals surface area contributed by atoms with Crippen LogP contribution in [0.25, 0.3) is 11.3 Å². The average Bonchev–Trinajstić information content (AvgIpc) is 2.83. The van der Waals surface area contributed by atoms with Crippen molar-refractivity contribution in [3.63, 3.8) is 0 Å².